The van der Waals surface area contributed by atoms with E-state index < -0.39 is 10.1 Å². The van der Waals surface area contributed by atoms with Crippen LogP contribution in [0.15, 0.2) is 65.6 Å². The number of benzene rings is 3. The van der Waals surface area contributed by atoms with Crippen LogP contribution in [-0.2, 0) is 27.1 Å². The fraction of sp³-hybridized carbons (Fsp3) is 0.310. The van der Waals surface area contributed by atoms with Crippen LogP contribution >= 0.6 is 0 Å². The minimum Gasteiger partial charge on any atom is -0.396 e. The Bertz CT molecular complexity index is 1610. The number of aliphatic hydroxyl groups is 1. The Morgan fingerprint density at radius 3 is 1.82 bits per heavy atom. The van der Waals surface area contributed by atoms with Crippen LogP contribution in [0.25, 0.3) is 21.8 Å². The molecule has 0 aliphatic heterocycles. The third-order valence-corrected chi connectivity index (χ3v) is 7.73. The predicted octanol–water partition coefficient (Wildman–Crippen LogP) is 5.31. The van der Waals surface area contributed by atoms with Crippen LogP contribution in [0.3, 0.4) is 0 Å². The summed E-state index contributed by atoms with van der Waals surface area (Å²) in [7, 11) is -3.68. The van der Waals surface area contributed by atoms with Crippen molar-refractivity contribution in [2.45, 2.75) is 51.3 Å². The van der Waals surface area contributed by atoms with Crippen LogP contribution in [0.5, 0.6) is 0 Å². The van der Waals surface area contributed by atoms with E-state index in [2.05, 4.69) is 38.6 Å². The zero-order valence-corrected chi connectivity index (χ0v) is 22.8. The van der Waals surface area contributed by atoms with Crippen LogP contribution in [0.4, 0.5) is 0 Å². The van der Waals surface area contributed by atoms with Gasteiger partial charge in [0.1, 0.15) is 0 Å². The van der Waals surface area contributed by atoms with E-state index in [0.29, 0.717) is 6.42 Å². The number of aromatic nitrogens is 4. The number of aliphatic hydroxyl groups excluding tert-OH is 1. The Balaban J connectivity index is 0.000000204. The van der Waals surface area contributed by atoms with E-state index in [0.717, 1.165) is 58.2 Å². The number of aromatic amines is 2. The molecule has 0 radical (unpaired) electrons. The van der Waals surface area contributed by atoms with Gasteiger partial charge in [0.25, 0.3) is 10.1 Å². The number of hydrogen-bond donors (Lipinski definition) is 3. The first kappa shape index (κ1) is 27.5. The normalized spacial score (nSPS) is 11.6. The number of H-pyrrole nitrogens is 2. The highest BCUT2D eigenvalue weighted by atomic mass is 32.2. The van der Waals surface area contributed by atoms with Gasteiger partial charge in [0.05, 0.1) is 22.5 Å². The van der Waals surface area contributed by atoms with Crippen molar-refractivity contribution in [1.82, 2.24) is 20.4 Å². The number of aryl methyl sites for hydroxylation is 5. The summed E-state index contributed by atoms with van der Waals surface area (Å²) in [5, 5.41) is 25.3. The Labute approximate surface area is 223 Å². The minimum absolute atomic E-state index is 0.165. The largest absolute Gasteiger partial charge is 0.396 e. The minimum atomic E-state index is -3.68. The number of nitrogens with one attached hydrogen (secondary N) is 2. The molecule has 2 heterocycles. The van der Waals surface area contributed by atoms with Gasteiger partial charge < -0.3 is 5.11 Å². The van der Waals surface area contributed by atoms with Crippen LogP contribution in [0, 0.1) is 20.8 Å². The average Bonchev–Trinajstić information content (AvgIpc) is 3.48. The van der Waals surface area contributed by atoms with E-state index in [1.165, 1.54) is 10.9 Å². The molecule has 200 valence electrons. The van der Waals surface area contributed by atoms with E-state index in [4.69, 9.17) is 9.29 Å². The summed E-state index contributed by atoms with van der Waals surface area (Å²) >= 11 is 0. The first-order valence-electron chi connectivity index (χ1n) is 12.7. The maximum atomic E-state index is 12.1. The molecular weight excluding hydrogens is 500 g/mol. The first-order valence-corrected chi connectivity index (χ1v) is 14.1. The van der Waals surface area contributed by atoms with Crippen LogP contribution in [-0.4, -0.2) is 47.1 Å². The van der Waals surface area contributed by atoms with Crippen LogP contribution < -0.4 is 0 Å². The van der Waals surface area contributed by atoms with Gasteiger partial charge in [0, 0.05) is 28.8 Å². The monoisotopic (exact) mass is 534 g/mol. The van der Waals surface area contributed by atoms with Crippen molar-refractivity contribution in [1.29, 1.82) is 0 Å². The summed E-state index contributed by atoms with van der Waals surface area (Å²) in [6.07, 6.45) is 3.14. The quantitative estimate of drug-likeness (QED) is 0.174. The van der Waals surface area contributed by atoms with Crippen molar-refractivity contribution >= 4 is 31.9 Å². The van der Waals surface area contributed by atoms with Gasteiger partial charge in [0.2, 0.25) is 0 Å². The molecule has 3 aromatic carbocycles. The molecule has 2 aromatic heterocycles. The first-order chi connectivity index (χ1) is 18.3. The van der Waals surface area contributed by atoms with Gasteiger partial charge in [-0.3, -0.25) is 14.4 Å². The molecule has 0 aliphatic rings. The van der Waals surface area contributed by atoms with Gasteiger partial charge >= 0.3 is 0 Å². The highest BCUT2D eigenvalue weighted by molar-refractivity contribution is 7.86. The molecule has 0 bridgehead atoms. The second kappa shape index (κ2) is 12.3. The molecule has 0 saturated carbocycles. The standard InChI is InChI=1S/C18H20N2O3S.C11H14N2O/c1-13-5-8-16(9-6-13)24(21,22)23-11-3-4-15-7-10-18-17(12-15)14(2)19-20-18;1-8-10-7-9(3-2-6-14)4-5-11(10)13-12-8/h5-10,12H,3-4,11H2,1-2H3,(H,19,20);4-5,7,14H,2-3,6H2,1H3,(H,12,13). The third-order valence-electron chi connectivity index (χ3n) is 6.40. The summed E-state index contributed by atoms with van der Waals surface area (Å²) in [6, 6.07) is 19.0. The van der Waals surface area contributed by atoms with E-state index >= 15 is 0 Å². The molecule has 0 fully saturated rings. The van der Waals surface area contributed by atoms with E-state index in [1.54, 1.807) is 24.3 Å². The van der Waals surface area contributed by atoms with Gasteiger partial charge in [-0.25, -0.2) is 0 Å². The smallest absolute Gasteiger partial charge is 0.296 e. The molecule has 0 saturated heterocycles. The van der Waals surface area contributed by atoms with Gasteiger partial charge in [-0.15, -0.1) is 0 Å². The Kier molecular flexibility index (Phi) is 8.93. The lowest BCUT2D eigenvalue weighted by molar-refractivity contribution is 0.288. The van der Waals surface area contributed by atoms with Crippen LogP contribution in [0.2, 0.25) is 0 Å². The lowest BCUT2D eigenvalue weighted by Gasteiger charge is -2.06. The number of fused-ring (bicyclic) bond motifs is 2. The lowest BCUT2D eigenvalue weighted by Crippen LogP contribution is -2.08. The Hall–Kier alpha value is -3.53. The Morgan fingerprint density at radius 2 is 1.29 bits per heavy atom. The molecule has 0 atom stereocenters. The summed E-state index contributed by atoms with van der Waals surface area (Å²) in [6.45, 7) is 6.33. The molecule has 8 nitrogen and oxygen atoms in total. The molecule has 0 aliphatic carbocycles. The van der Waals surface area contributed by atoms with Gasteiger partial charge in [-0.1, -0.05) is 29.8 Å². The van der Waals surface area contributed by atoms with Crippen molar-refractivity contribution < 1.29 is 17.7 Å². The number of hydrogen-bond acceptors (Lipinski definition) is 6. The maximum Gasteiger partial charge on any atom is 0.296 e. The molecule has 3 N–H and O–H groups in total. The summed E-state index contributed by atoms with van der Waals surface area (Å²) in [4.78, 5) is 0.198. The van der Waals surface area contributed by atoms with E-state index in [-0.39, 0.29) is 18.1 Å². The van der Waals surface area contributed by atoms with Crippen molar-refractivity contribution in [3.8, 4) is 0 Å². The predicted molar refractivity (Wildman–Crippen MR) is 150 cm³/mol. The lowest BCUT2D eigenvalue weighted by atomic mass is 10.1. The fourth-order valence-corrected chi connectivity index (χ4v) is 5.13. The number of nitrogens with zero attached hydrogens (tertiary/aromatic N) is 2. The van der Waals surface area contributed by atoms with Crippen molar-refractivity contribution in [3.05, 3.63) is 88.7 Å². The molecule has 5 aromatic rings. The molecule has 9 heteroatoms. The maximum absolute atomic E-state index is 12.1. The molecule has 0 amide bonds. The summed E-state index contributed by atoms with van der Waals surface area (Å²) in [5.74, 6) is 0. The average molecular weight is 535 g/mol. The third kappa shape index (κ3) is 6.86. The SMILES string of the molecule is Cc1[nH]nc2ccc(CCCO)cc12.Cc1ccc(S(=O)(=O)OCCCc2ccc3n[nH]c(C)c3c2)cc1. The van der Waals surface area contributed by atoms with Crippen LogP contribution in [0.1, 0.15) is 40.9 Å². The van der Waals surface area contributed by atoms with E-state index in [1.807, 2.05) is 39.0 Å². The summed E-state index contributed by atoms with van der Waals surface area (Å²) in [5.41, 5.74) is 7.50. The highest BCUT2D eigenvalue weighted by Crippen LogP contribution is 2.19. The molecular formula is C29H34N4O4S. The van der Waals surface area contributed by atoms with Gasteiger partial charge in [-0.05, 0) is 94.0 Å². The number of rotatable bonds is 9. The second-order valence-electron chi connectivity index (χ2n) is 9.42. The molecule has 0 spiro atoms. The Morgan fingerprint density at radius 1 is 0.763 bits per heavy atom. The summed E-state index contributed by atoms with van der Waals surface area (Å²) < 4.78 is 29.3. The zero-order chi connectivity index (χ0) is 27.1. The van der Waals surface area contributed by atoms with Crippen molar-refractivity contribution in [3.63, 3.8) is 0 Å². The van der Waals surface area contributed by atoms with Gasteiger partial charge in [-0.2, -0.15) is 18.6 Å². The van der Waals surface area contributed by atoms with Crippen molar-refractivity contribution in [2.75, 3.05) is 13.2 Å². The topological polar surface area (TPSA) is 121 Å². The fourth-order valence-electron chi connectivity index (χ4n) is 4.18. The van der Waals surface area contributed by atoms with Gasteiger partial charge in [0.15, 0.2) is 0 Å². The zero-order valence-electron chi connectivity index (χ0n) is 22.0. The highest BCUT2D eigenvalue weighted by Gasteiger charge is 2.14. The molecule has 38 heavy (non-hydrogen) atoms. The van der Waals surface area contributed by atoms with E-state index in [9.17, 15) is 8.42 Å². The molecule has 5 rings (SSSR count). The second-order valence-corrected chi connectivity index (χ2v) is 11.0. The molecule has 0 unspecified atom stereocenters. The van der Waals surface area contributed by atoms with Crippen molar-refractivity contribution in [2.24, 2.45) is 0 Å².